The lowest BCUT2D eigenvalue weighted by Crippen LogP contribution is -2.03. The van der Waals surface area contributed by atoms with Crippen molar-refractivity contribution in [3.63, 3.8) is 0 Å². The van der Waals surface area contributed by atoms with Crippen LogP contribution in [-0.2, 0) is 0 Å². The monoisotopic (exact) mass is 312 g/mol. The molecule has 6 heteroatoms. The third kappa shape index (κ3) is 3.05. The van der Waals surface area contributed by atoms with Gasteiger partial charge in [0.25, 0.3) is 0 Å². The number of rotatable bonds is 2. The molecule has 18 heavy (non-hydrogen) atoms. The summed E-state index contributed by atoms with van der Waals surface area (Å²) in [7, 11) is 0. The number of nitrogens with zero attached hydrogens (tertiary/aromatic N) is 2. The van der Waals surface area contributed by atoms with Gasteiger partial charge in [-0.3, -0.25) is 0 Å². The van der Waals surface area contributed by atoms with Crippen molar-refractivity contribution in [3.05, 3.63) is 19.6 Å². The lowest BCUT2D eigenvalue weighted by molar-refractivity contribution is 0.858. The highest BCUT2D eigenvalue weighted by Gasteiger charge is 2.25. The molecule has 2 rings (SSSR count). The van der Waals surface area contributed by atoms with Gasteiger partial charge in [0, 0.05) is 28.9 Å². The fourth-order valence-corrected chi connectivity index (χ4v) is 6.97. The Morgan fingerprint density at radius 1 is 0.889 bits per heavy atom. The molecule has 0 saturated carbocycles. The molecule has 2 saturated heterocycles. The predicted molar refractivity (Wildman–Crippen MR) is 84.3 cm³/mol. The first-order chi connectivity index (χ1) is 8.77. The molecule has 0 bridgehead atoms. The number of hydrogen-bond acceptors (Lipinski definition) is 6. The van der Waals surface area contributed by atoms with Crippen LogP contribution in [0.3, 0.4) is 0 Å². The molecule has 0 radical (unpaired) electrons. The molecule has 2 heterocycles. The number of nitriles is 2. The van der Waals surface area contributed by atoms with Crippen LogP contribution in [0.1, 0.15) is 6.92 Å². The van der Waals surface area contributed by atoms with Gasteiger partial charge in [-0.2, -0.15) is 10.5 Å². The highest BCUT2D eigenvalue weighted by molar-refractivity contribution is 8.25. The van der Waals surface area contributed by atoms with Crippen LogP contribution in [0.4, 0.5) is 0 Å². The van der Waals surface area contributed by atoms with Crippen molar-refractivity contribution in [1.82, 2.24) is 0 Å². The summed E-state index contributed by atoms with van der Waals surface area (Å²) in [5.74, 6) is 4.21. The summed E-state index contributed by atoms with van der Waals surface area (Å²) in [6, 6.07) is 4.63. The van der Waals surface area contributed by atoms with E-state index in [4.69, 9.17) is 0 Å². The zero-order valence-corrected chi connectivity index (χ0v) is 13.2. The van der Waals surface area contributed by atoms with Crippen LogP contribution < -0.4 is 0 Å². The summed E-state index contributed by atoms with van der Waals surface area (Å²) in [5.41, 5.74) is 1.55. The number of hydrogen-bond donors (Lipinski definition) is 0. The van der Waals surface area contributed by atoms with Crippen molar-refractivity contribution in [3.8, 4) is 12.1 Å². The van der Waals surface area contributed by atoms with E-state index in [1.807, 2.05) is 6.92 Å². The molecule has 0 atom stereocenters. The second-order valence-electron chi connectivity index (χ2n) is 3.74. The molecule has 0 aliphatic carbocycles. The van der Waals surface area contributed by atoms with Gasteiger partial charge < -0.3 is 0 Å². The molecule has 0 amide bonds. The third-order valence-corrected chi connectivity index (χ3v) is 8.14. The first-order valence-electron chi connectivity index (χ1n) is 5.57. The van der Waals surface area contributed by atoms with Crippen LogP contribution in [0.25, 0.3) is 0 Å². The van der Waals surface area contributed by atoms with Gasteiger partial charge in [-0.05, 0) is 0 Å². The van der Waals surface area contributed by atoms with E-state index in [-0.39, 0.29) is 5.92 Å². The predicted octanol–water partition coefficient (Wildman–Crippen LogP) is 4.05. The van der Waals surface area contributed by atoms with E-state index >= 15 is 0 Å². The normalized spacial score (nSPS) is 18.9. The standard InChI is InChI=1S/C12H12N2S4/c1-8(9(6-13)11-15-2-3-16-11)10(7-14)12-17-4-5-18-12/h8H,2-5H2,1H3. The van der Waals surface area contributed by atoms with Gasteiger partial charge in [0.15, 0.2) is 0 Å². The molecule has 0 aromatic carbocycles. The molecule has 0 N–H and O–H groups in total. The zero-order chi connectivity index (χ0) is 13.0. The van der Waals surface area contributed by atoms with Crippen LogP contribution in [0.5, 0.6) is 0 Å². The number of thioether (sulfide) groups is 4. The van der Waals surface area contributed by atoms with Gasteiger partial charge in [-0.1, -0.05) is 6.92 Å². The minimum Gasteiger partial charge on any atom is -0.193 e. The molecule has 2 aliphatic rings. The lowest BCUT2D eigenvalue weighted by Gasteiger charge is -2.13. The van der Waals surface area contributed by atoms with Gasteiger partial charge in [-0.15, -0.1) is 47.0 Å². The van der Waals surface area contributed by atoms with E-state index in [1.165, 1.54) is 0 Å². The molecule has 94 valence electrons. The molecule has 2 fully saturated rings. The van der Waals surface area contributed by atoms with E-state index < -0.39 is 0 Å². The molecule has 0 spiro atoms. The van der Waals surface area contributed by atoms with Crippen molar-refractivity contribution in [1.29, 1.82) is 10.5 Å². The highest BCUT2D eigenvalue weighted by Crippen LogP contribution is 2.45. The molecule has 0 unspecified atom stereocenters. The van der Waals surface area contributed by atoms with E-state index in [0.29, 0.717) is 0 Å². The maximum absolute atomic E-state index is 9.36. The molecule has 2 nitrogen and oxygen atoms in total. The van der Waals surface area contributed by atoms with Crippen molar-refractivity contribution in [2.45, 2.75) is 6.92 Å². The van der Waals surface area contributed by atoms with Crippen LogP contribution in [0.2, 0.25) is 0 Å². The van der Waals surface area contributed by atoms with Gasteiger partial charge in [0.2, 0.25) is 0 Å². The largest absolute Gasteiger partial charge is 0.193 e. The van der Waals surface area contributed by atoms with E-state index in [1.54, 1.807) is 47.0 Å². The van der Waals surface area contributed by atoms with E-state index in [9.17, 15) is 10.5 Å². The van der Waals surface area contributed by atoms with E-state index in [0.717, 1.165) is 42.6 Å². The summed E-state index contributed by atoms with van der Waals surface area (Å²) in [4.78, 5) is 0. The summed E-state index contributed by atoms with van der Waals surface area (Å²) < 4.78 is 2.23. The first kappa shape index (κ1) is 14.3. The maximum atomic E-state index is 9.36. The van der Waals surface area contributed by atoms with Gasteiger partial charge >= 0.3 is 0 Å². The average molecular weight is 313 g/mol. The number of allylic oxidation sites excluding steroid dienone is 2. The summed E-state index contributed by atoms with van der Waals surface area (Å²) in [6.07, 6.45) is 0. The highest BCUT2D eigenvalue weighted by atomic mass is 32.2. The summed E-state index contributed by atoms with van der Waals surface area (Å²) in [5, 5.41) is 18.7. The van der Waals surface area contributed by atoms with Gasteiger partial charge in [-0.25, -0.2) is 0 Å². The average Bonchev–Trinajstić information content (AvgIpc) is 3.03. The van der Waals surface area contributed by atoms with Gasteiger partial charge in [0.05, 0.1) is 31.8 Å². The van der Waals surface area contributed by atoms with Crippen molar-refractivity contribution in [2.75, 3.05) is 23.0 Å². The quantitative estimate of drug-likeness (QED) is 0.717. The Morgan fingerprint density at radius 3 is 1.50 bits per heavy atom. The minimum absolute atomic E-state index is 0.0683. The fraction of sp³-hybridized carbons (Fsp3) is 0.500. The van der Waals surface area contributed by atoms with Crippen molar-refractivity contribution in [2.24, 2.45) is 5.92 Å². The Hall–Kier alpha value is -0.140. The molecule has 2 aliphatic heterocycles. The Labute approximate surface area is 125 Å². The smallest absolute Gasteiger partial charge is 0.0971 e. The first-order valence-corrected chi connectivity index (χ1v) is 9.52. The van der Waals surface area contributed by atoms with Crippen LogP contribution in [-0.4, -0.2) is 23.0 Å². The summed E-state index contributed by atoms with van der Waals surface area (Å²) >= 11 is 6.99. The van der Waals surface area contributed by atoms with Gasteiger partial charge in [0.1, 0.15) is 0 Å². The Balaban J connectivity index is 2.32. The molecular weight excluding hydrogens is 300 g/mol. The SMILES string of the molecule is CC(C(C#N)=C1SCCS1)C(C#N)=C1SCCS1. The lowest BCUT2D eigenvalue weighted by atomic mass is 9.96. The second-order valence-corrected chi connectivity index (χ2v) is 8.68. The second kappa shape index (κ2) is 6.86. The zero-order valence-electron chi connectivity index (χ0n) is 9.93. The van der Waals surface area contributed by atoms with Crippen molar-refractivity contribution < 1.29 is 0 Å². The van der Waals surface area contributed by atoms with Crippen LogP contribution in [0.15, 0.2) is 19.6 Å². The summed E-state index contributed by atoms with van der Waals surface area (Å²) in [6.45, 7) is 1.98. The minimum atomic E-state index is -0.0683. The Kier molecular flexibility index (Phi) is 5.44. The molecular formula is C12H12N2S4. The van der Waals surface area contributed by atoms with E-state index in [2.05, 4.69) is 12.1 Å². The molecule has 0 aromatic heterocycles. The van der Waals surface area contributed by atoms with Crippen molar-refractivity contribution >= 4 is 47.0 Å². The Bertz CT molecular complexity index is 421. The topological polar surface area (TPSA) is 47.6 Å². The van der Waals surface area contributed by atoms with Crippen LogP contribution >= 0.6 is 47.0 Å². The molecule has 0 aromatic rings. The fourth-order valence-electron chi connectivity index (χ4n) is 1.71. The Morgan fingerprint density at radius 2 is 1.22 bits per heavy atom. The van der Waals surface area contributed by atoms with Crippen LogP contribution in [0, 0.1) is 28.6 Å². The third-order valence-electron chi connectivity index (χ3n) is 2.65. The maximum Gasteiger partial charge on any atom is 0.0971 e.